The molecule has 1 aliphatic heterocycles. The maximum Gasteiger partial charge on any atom is 0.163 e. The summed E-state index contributed by atoms with van der Waals surface area (Å²) >= 11 is 0. The fourth-order valence-electron chi connectivity index (χ4n) is 2.36. The van der Waals surface area contributed by atoms with Crippen LogP contribution in [0, 0.1) is 5.92 Å². The van der Waals surface area contributed by atoms with Crippen LogP contribution < -0.4 is 0 Å². The van der Waals surface area contributed by atoms with Gasteiger partial charge in [-0.25, -0.2) is 0 Å². The van der Waals surface area contributed by atoms with E-state index in [-0.39, 0.29) is 11.5 Å². The molecule has 1 saturated heterocycles. The summed E-state index contributed by atoms with van der Waals surface area (Å²) in [6.45, 7) is 12.4. The molecule has 0 bridgehead atoms. The van der Waals surface area contributed by atoms with Gasteiger partial charge < -0.3 is 14.3 Å². The molecule has 1 fully saturated rings. The van der Waals surface area contributed by atoms with Crippen molar-refractivity contribution in [1.82, 2.24) is 0 Å². The Hall–Kier alpha value is -0.670. The zero-order chi connectivity index (χ0) is 12.4. The Bertz CT molecular complexity index is 283. The number of carbonyl (C=O) groups excluding carboxylic acids is 1. The van der Waals surface area contributed by atoms with Crippen LogP contribution in [0.25, 0.3) is 0 Å². The summed E-state index contributed by atoms with van der Waals surface area (Å²) < 4.78 is 11.6. The molecule has 0 aliphatic carbocycles. The van der Waals surface area contributed by atoms with Crippen molar-refractivity contribution in [3.63, 3.8) is 0 Å². The highest BCUT2D eigenvalue weighted by atomic mass is 16.7. The van der Waals surface area contributed by atoms with Crippen LogP contribution >= 0.6 is 0 Å². The number of ether oxygens (including phenoxy) is 2. The van der Waals surface area contributed by atoms with Crippen molar-refractivity contribution in [3.8, 4) is 0 Å². The normalized spacial score (nSPS) is 33.4. The molecular formula is C13H22O3. The highest BCUT2D eigenvalue weighted by Crippen LogP contribution is 2.40. The predicted octanol–water partition coefficient (Wildman–Crippen LogP) is 2.70. The lowest BCUT2D eigenvalue weighted by Crippen LogP contribution is -2.53. The Labute approximate surface area is 97.8 Å². The molecule has 0 amide bonds. The molecular weight excluding hydrogens is 204 g/mol. The van der Waals surface area contributed by atoms with E-state index in [4.69, 9.17) is 9.47 Å². The highest BCUT2D eigenvalue weighted by molar-refractivity contribution is 5.49. The second kappa shape index (κ2) is 4.68. The van der Waals surface area contributed by atoms with E-state index in [1.165, 1.54) is 0 Å². The van der Waals surface area contributed by atoms with Crippen LogP contribution in [0.1, 0.15) is 40.5 Å². The van der Waals surface area contributed by atoms with E-state index in [9.17, 15) is 4.79 Å². The average molecular weight is 226 g/mol. The largest absolute Gasteiger partial charge is 0.350 e. The van der Waals surface area contributed by atoms with Crippen molar-refractivity contribution < 1.29 is 14.3 Å². The first kappa shape index (κ1) is 13.4. The van der Waals surface area contributed by atoms with Crippen LogP contribution in [0.3, 0.4) is 0 Å². The minimum absolute atomic E-state index is 0.153. The third-order valence-electron chi connectivity index (χ3n) is 3.17. The number of hydrogen-bond acceptors (Lipinski definition) is 3. The Morgan fingerprint density at radius 3 is 2.62 bits per heavy atom. The third kappa shape index (κ3) is 2.92. The molecule has 1 aliphatic rings. The van der Waals surface area contributed by atoms with Crippen molar-refractivity contribution in [2.75, 3.05) is 6.61 Å². The number of carbonyl (C=O) groups is 1. The fraction of sp³-hybridized carbons (Fsp3) is 0.769. The molecule has 0 unspecified atom stereocenters. The fourth-order valence-corrected chi connectivity index (χ4v) is 2.36. The standard InChI is InChI=1S/C13H22O3/c1-10(2)11-9-15-12(3,4)16-13(11,5)7-6-8-14/h8,11H,1,6-7,9H2,2-5H3/t11-,13-/m0/s1. The molecule has 0 radical (unpaired) electrons. The molecule has 1 rings (SSSR count). The van der Waals surface area contributed by atoms with E-state index >= 15 is 0 Å². The van der Waals surface area contributed by atoms with Crippen molar-refractivity contribution >= 4 is 6.29 Å². The van der Waals surface area contributed by atoms with Crippen molar-refractivity contribution in [3.05, 3.63) is 12.2 Å². The van der Waals surface area contributed by atoms with Gasteiger partial charge in [-0.3, -0.25) is 0 Å². The second-order valence-corrected chi connectivity index (χ2v) is 5.23. The van der Waals surface area contributed by atoms with Gasteiger partial charge in [0.25, 0.3) is 0 Å². The molecule has 0 aromatic carbocycles. The molecule has 0 aromatic rings. The van der Waals surface area contributed by atoms with Crippen LogP contribution in [0.15, 0.2) is 12.2 Å². The summed E-state index contributed by atoms with van der Waals surface area (Å²) in [6, 6.07) is 0. The van der Waals surface area contributed by atoms with Gasteiger partial charge in [0.15, 0.2) is 5.79 Å². The van der Waals surface area contributed by atoms with Gasteiger partial charge in [0, 0.05) is 12.3 Å². The Balaban J connectivity index is 2.86. The van der Waals surface area contributed by atoms with E-state index in [2.05, 4.69) is 6.58 Å². The molecule has 3 nitrogen and oxygen atoms in total. The van der Waals surface area contributed by atoms with Crippen LogP contribution in [-0.2, 0) is 14.3 Å². The third-order valence-corrected chi connectivity index (χ3v) is 3.17. The summed E-state index contributed by atoms with van der Waals surface area (Å²) in [4.78, 5) is 10.5. The molecule has 0 aromatic heterocycles. The first-order valence-corrected chi connectivity index (χ1v) is 5.74. The highest BCUT2D eigenvalue weighted by Gasteiger charge is 2.45. The van der Waals surface area contributed by atoms with Crippen molar-refractivity contribution in [2.45, 2.75) is 51.9 Å². The summed E-state index contributed by atoms with van der Waals surface area (Å²) in [7, 11) is 0. The average Bonchev–Trinajstić information content (AvgIpc) is 2.12. The smallest absolute Gasteiger partial charge is 0.163 e. The number of hydrogen-bond donors (Lipinski definition) is 0. The van der Waals surface area contributed by atoms with Gasteiger partial charge in [-0.2, -0.15) is 0 Å². The Morgan fingerprint density at radius 1 is 1.50 bits per heavy atom. The van der Waals surface area contributed by atoms with Gasteiger partial charge in [-0.15, -0.1) is 0 Å². The summed E-state index contributed by atoms with van der Waals surface area (Å²) in [5, 5.41) is 0. The molecule has 2 atom stereocenters. The molecule has 0 saturated carbocycles. The zero-order valence-electron chi connectivity index (χ0n) is 10.7. The minimum atomic E-state index is -0.580. The monoisotopic (exact) mass is 226 g/mol. The van der Waals surface area contributed by atoms with Gasteiger partial charge in [-0.05, 0) is 34.1 Å². The number of aldehydes is 1. The summed E-state index contributed by atoms with van der Waals surface area (Å²) in [6.07, 6.45) is 2.16. The molecule has 1 heterocycles. The molecule has 0 spiro atoms. The van der Waals surface area contributed by atoms with Crippen molar-refractivity contribution in [1.29, 1.82) is 0 Å². The van der Waals surface area contributed by atoms with Crippen LogP contribution in [0.4, 0.5) is 0 Å². The van der Waals surface area contributed by atoms with Gasteiger partial charge in [0.1, 0.15) is 6.29 Å². The molecule has 92 valence electrons. The van der Waals surface area contributed by atoms with Gasteiger partial charge >= 0.3 is 0 Å². The molecule has 16 heavy (non-hydrogen) atoms. The quantitative estimate of drug-likeness (QED) is 0.546. The summed E-state index contributed by atoms with van der Waals surface area (Å²) in [5.41, 5.74) is 0.693. The van der Waals surface area contributed by atoms with E-state index < -0.39 is 5.79 Å². The van der Waals surface area contributed by atoms with Crippen LogP contribution in [0.2, 0.25) is 0 Å². The molecule has 3 heteroatoms. The lowest BCUT2D eigenvalue weighted by Gasteiger charge is -2.48. The van der Waals surface area contributed by atoms with E-state index in [0.29, 0.717) is 19.4 Å². The SMILES string of the molecule is C=C(C)[C@@H]1COC(C)(C)O[C@@]1(C)CCC=O. The first-order valence-electron chi connectivity index (χ1n) is 5.74. The maximum absolute atomic E-state index is 10.5. The van der Waals surface area contributed by atoms with Crippen LogP contribution in [0.5, 0.6) is 0 Å². The lowest BCUT2D eigenvalue weighted by atomic mass is 9.80. The predicted molar refractivity (Wildman–Crippen MR) is 63.1 cm³/mol. The Morgan fingerprint density at radius 2 is 2.12 bits per heavy atom. The second-order valence-electron chi connectivity index (χ2n) is 5.23. The van der Waals surface area contributed by atoms with Gasteiger partial charge in [0.05, 0.1) is 12.2 Å². The van der Waals surface area contributed by atoms with E-state index in [1.54, 1.807) is 0 Å². The van der Waals surface area contributed by atoms with Gasteiger partial charge in [0.2, 0.25) is 0 Å². The van der Waals surface area contributed by atoms with E-state index in [1.807, 2.05) is 27.7 Å². The summed E-state index contributed by atoms with van der Waals surface area (Å²) in [5.74, 6) is -0.427. The van der Waals surface area contributed by atoms with Crippen LogP contribution in [-0.4, -0.2) is 24.3 Å². The van der Waals surface area contributed by atoms with E-state index in [0.717, 1.165) is 11.9 Å². The zero-order valence-corrected chi connectivity index (χ0v) is 10.7. The number of rotatable bonds is 4. The topological polar surface area (TPSA) is 35.5 Å². The lowest BCUT2D eigenvalue weighted by molar-refractivity contribution is -0.323. The minimum Gasteiger partial charge on any atom is -0.350 e. The molecule has 0 N–H and O–H groups in total. The van der Waals surface area contributed by atoms with Gasteiger partial charge in [-0.1, -0.05) is 12.2 Å². The van der Waals surface area contributed by atoms with Crippen molar-refractivity contribution in [2.24, 2.45) is 5.92 Å². The Kier molecular flexibility index (Phi) is 3.92. The maximum atomic E-state index is 10.5. The first-order chi connectivity index (χ1) is 7.31.